The van der Waals surface area contributed by atoms with Crippen molar-refractivity contribution in [3.8, 4) is 11.1 Å². The highest BCUT2D eigenvalue weighted by Crippen LogP contribution is 2.25. The number of aromatic nitrogens is 2. The number of guanidine groups is 1. The molecule has 3 aromatic rings. The maximum Gasteiger partial charge on any atom is 0.191 e. The number of benzene rings is 2. The Morgan fingerprint density at radius 1 is 1.06 bits per heavy atom. The van der Waals surface area contributed by atoms with Crippen molar-refractivity contribution in [3.63, 3.8) is 0 Å². The molecule has 0 saturated carbocycles. The van der Waals surface area contributed by atoms with Gasteiger partial charge in [0.15, 0.2) is 5.96 Å². The van der Waals surface area contributed by atoms with Crippen LogP contribution >= 0.6 is 0 Å². The van der Waals surface area contributed by atoms with Gasteiger partial charge >= 0.3 is 0 Å². The largest absolute Gasteiger partial charge is 0.382 e. The van der Waals surface area contributed by atoms with Crippen LogP contribution in [-0.2, 0) is 17.8 Å². The topological polar surface area (TPSA) is 63.5 Å². The fraction of sp³-hybridized carbons (Fsp3) is 0.360. The molecule has 0 radical (unpaired) electrons. The summed E-state index contributed by atoms with van der Waals surface area (Å²) in [6.07, 6.45) is 6.59. The van der Waals surface area contributed by atoms with E-state index in [2.05, 4.69) is 75.6 Å². The summed E-state index contributed by atoms with van der Waals surface area (Å²) in [7, 11) is 0. The van der Waals surface area contributed by atoms with Crippen LogP contribution in [0.4, 0.5) is 0 Å². The second-order valence-corrected chi connectivity index (χ2v) is 7.26. The molecule has 31 heavy (non-hydrogen) atoms. The molecule has 0 aliphatic rings. The lowest BCUT2D eigenvalue weighted by molar-refractivity contribution is 0.145. The summed E-state index contributed by atoms with van der Waals surface area (Å²) in [4.78, 5) is 8.91. The van der Waals surface area contributed by atoms with Crippen molar-refractivity contribution < 1.29 is 4.74 Å². The van der Waals surface area contributed by atoms with Gasteiger partial charge in [0.25, 0.3) is 0 Å². The normalized spacial score (nSPS) is 11.5. The predicted octanol–water partition coefficient (Wildman–Crippen LogP) is 4.08. The zero-order valence-corrected chi connectivity index (χ0v) is 18.6. The minimum Gasteiger partial charge on any atom is -0.382 e. The maximum absolute atomic E-state index is 5.40. The van der Waals surface area contributed by atoms with Crippen molar-refractivity contribution in [3.05, 3.63) is 78.4 Å². The molecule has 1 aromatic heterocycles. The number of ether oxygens (including phenoxy) is 1. The van der Waals surface area contributed by atoms with Gasteiger partial charge in [-0.1, -0.05) is 48.5 Å². The summed E-state index contributed by atoms with van der Waals surface area (Å²) in [5.41, 5.74) is 4.88. The molecule has 2 N–H and O–H groups in total. The summed E-state index contributed by atoms with van der Waals surface area (Å²) in [5.74, 6) is 0.837. The smallest absolute Gasteiger partial charge is 0.191 e. The Labute approximate surface area is 185 Å². The molecule has 0 atom stereocenters. The lowest BCUT2D eigenvalue weighted by Crippen LogP contribution is -2.38. The number of aliphatic imine (C=N–C) groups is 1. The molecule has 164 valence electrons. The number of nitrogens with zero attached hydrogens (tertiary/aromatic N) is 3. The van der Waals surface area contributed by atoms with Gasteiger partial charge in [-0.3, -0.25) is 0 Å². The third kappa shape index (κ3) is 7.26. The van der Waals surface area contributed by atoms with Crippen LogP contribution < -0.4 is 10.6 Å². The van der Waals surface area contributed by atoms with Gasteiger partial charge in [0.2, 0.25) is 0 Å². The summed E-state index contributed by atoms with van der Waals surface area (Å²) in [6.45, 7) is 8.74. The molecule has 3 rings (SSSR count). The van der Waals surface area contributed by atoms with Crippen LogP contribution in [0.5, 0.6) is 0 Å². The molecule has 0 bridgehead atoms. The summed E-state index contributed by atoms with van der Waals surface area (Å²) >= 11 is 0. The van der Waals surface area contributed by atoms with E-state index in [9.17, 15) is 0 Å². The molecule has 0 spiro atoms. The van der Waals surface area contributed by atoms with E-state index in [0.717, 1.165) is 45.2 Å². The van der Waals surface area contributed by atoms with Gasteiger partial charge in [-0.2, -0.15) is 0 Å². The van der Waals surface area contributed by atoms with E-state index in [1.807, 2.05) is 19.4 Å². The van der Waals surface area contributed by atoms with Crippen molar-refractivity contribution in [2.75, 3.05) is 26.3 Å². The Balaban J connectivity index is 1.66. The van der Waals surface area contributed by atoms with Crippen molar-refractivity contribution in [1.29, 1.82) is 0 Å². The highest BCUT2D eigenvalue weighted by molar-refractivity contribution is 5.80. The molecule has 0 saturated heterocycles. The molecule has 0 fully saturated rings. The number of hydrogen-bond donors (Lipinski definition) is 2. The Morgan fingerprint density at radius 2 is 1.90 bits per heavy atom. The van der Waals surface area contributed by atoms with Crippen molar-refractivity contribution >= 4 is 5.96 Å². The fourth-order valence-electron chi connectivity index (χ4n) is 3.35. The second-order valence-electron chi connectivity index (χ2n) is 7.26. The molecule has 0 unspecified atom stereocenters. The third-order valence-electron chi connectivity index (χ3n) is 4.92. The van der Waals surface area contributed by atoms with Crippen LogP contribution in [0.15, 0.2) is 72.2 Å². The average molecular weight is 420 g/mol. The first-order valence-corrected chi connectivity index (χ1v) is 11.0. The van der Waals surface area contributed by atoms with Crippen molar-refractivity contribution in [1.82, 2.24) is 20.2 Å². The number of rotatable bonds is 11. The van der Waals surface area contributed by atoms with Crippen LogP contribution in [-0.4, -0.2) is 41.8 Å². The van der Waals surface area contributed by atoms with E-state index in [-0.39, 0.29) is 0 Å². The van der Waals surface area contributed by atoms with Gasteiger partial charge in [-0.15, -0.1) is 0 Å². The van der Waals surface area contributed by atoms with E-state index in [0.29, 0.717) is 6.54 Å². The Bertz CT molecular complexity index is 919. The van der Waals surface area contributed by atoms with Crippen LogP contribution in [0.1, 0.15) is 31.4 Å². The number of imidazole rings is 1. The molecule has 0 amide bonds. The Kier molecular flexibility index (Phi) is 9.13. The second kappa shape index (κ2) is 12.5. The van der Waals surface area contributed by atoms with Crippen LogP contribution in [0, 0.1) is 0 Å². The molecule has 0 aliphatic heterocycles. The van der Waals surface area contributed by atoms with E-state index >= 15 is 0 Å². The van der Waals surface area contributed by atoms with E-state index in [1.54, 1.807) is 6.20 Å². The Hall–Kier alpha value is -3.12. The standard InChI is InChI=1S/C25H33N5O/c1-3-27-25(28-14-7-17-31-4-2)29-18-23-8-5-6-9-24(23)22-12-10-21(11-13-22)19-30-16-15-26-20-30/h5-6,8-13,15-16,20H,3-4,7,14,17-19H2,1-2H3,(H2,27,28,29). The minimum atomic E-state index is 0.619. The van der Waals surface area contributed by atoms with Crippen LogP contribution in [0.25, 0.3) is 11.1 Å². The van der Waals surface area contributed by atoms with Gasteiger partial charge in [-0.25, -0.2) is 9.98 Å². The first kappa shape index (κ1) is 22.6. The van der Waals surface area contributed by atoms with Gasteiger partial charge in [-0.05, 0) is 42.5 Å². The van der Waals surface area contributed by atoms with Gasteiger partial charge in [0.1, 0.15) is 0 Å². The van der Waals surface area contributed by atoms with Crippen LogP contribution in [0.2, 0.25) is 0 Å². The first-order valence-electron chi connectivity index (χ1n) is 11.0. The average Bonchev–Trinajstić information content (AvgIpc) is 3.31. The maximum atomic E-state index is 5.40. The van der Waals surface area contributed by atoms with Crippen molar-refractivity contribution in [2.24, 2.45) is 4.99 Å². The van der Waals surface area contributed by atoms with Gasteiger partial charge in [0, 0.05) is 45.2 Å². The molecule has 1 heterocycles. The highest BCUT2D eigenvalue weighted by atomic mass is 16.5. The van der Waals surface area contributed by atoms with Gasteiger partial charge in [0.05, 0.1) is 12.9 Å². The van der Waals surface area contributed by atoms with Gasteiger partial charge < -0.3 is 19.9 Å². The fourth-order valence-corrected chi connectivity index (χ4v) is 3.35. The van der Waals surface area contributed by atoms with Crippen molar-refractivity contribution in [2.45, 2.75) is 33.4 Å². The molecular formula is C25H33N5O. The zero-order valence-electron chi connectivity index (χ0n) is 18.6. The molecule has 6 heteroatoms. The lowest BCUT2D eigenvalue weighted by atomic mass is 9.98. The Morgan fingerprint density at radius 3 is 2.65 bits per heavy atom. The SMILES string of the molecule is CCNC(=NCc1ccccc1-c1ccc(Cn2ccnc2)cc1)NCCCOCC. The zero-order chi connectivity index (χ0) is 21.7. The molecule has 2 aromatic carbocycles. The summed E-state index contributed by atoms with van der Waals surface area (Å²) in [5, 5.41) is 6.71. The lowest BCUT2D eigenvalue weighted by Gasteiger charge is -2.13. The van der Waals surface area contributed by atoms with E-state index in [4.69, 9.17) is 9.73 Å². The van der Waals surface area contributed by atoms with Crippen LogP contribution in [0.3, 0.4) is 0 Å². The third-order valence-corrected chi connectivity index (χ3v) is 4.92. The predicted molar refractivity (Wildman–Crippen MR) is 127 cm³/mol. The number of nitrogens with one attached hydrogen (secondary N) is 2. The van der Waals surface area contributed by atoms with E-state index in [1.165, 1.54) is 22.3 Å². The number of hydrogen-bond acceptors (Lipinski definition) is 3. The first-order chi connectivity index (χ1) is 15.3. The molecular weight excluding hydrogens is 386 g/mol. The highest BCUT2D eigenvalue weighted by Gasteiger charge is 2.06. The summed E-state index contributed by atoms with van der Waals surface area (Å²) in [6, 6.07) is 17.2. The minimum absolute atomic E-state index is 0.619. The molecule has 6 nitrogen and oxygen atoms in total. The quantitative estimate of drug-likeness (QED) is 0.279. The molecule has 0 aliphatic carbocycles. The van der Waals surface area contributed by atoms with E-state index < -0.39 is 0 Å². The monoisotopic (exact) mass is 419 g/mol. The summed E-state index contributed by atoms with van der Waals surface area (Å²) < 4.78 is 7.47.